The molecular formula is C11H19NO3. The first-order valence-corrected chi connectivity index (χ1v) is 5.53. The van der Waals surface area contributed by atoms with E-state index in [1.165, 1.54) is 0 Å². The van der Waals surface area contributed by atoms with E-state index in [9.17, 15) is 9.90 Å². The summed E-state index contributed by atoms with van der Waals surface area (Å²) in [5, 5.41) is 9.69. The number of ether oxygens (including phenoxy) is 1. The number of β-amino-alcohol motifs (C(OH)–C–C–N with tert-alkyl or cyclic N) is 1. The lowest BCUT2D eigenvalue weighted by molar-refractivity contribution is 0.00134. The Kier molecular flexibility index (Phi) is 2.41. The molecule has 0 aromatic carbocycles. The van der Waals surface area contributed by atoms with Crippen LogP contribution < -0.4 is 0 Å². The molecule has 3 atom stereocenters. The van der Waals surface area contributed by atoms with Crippen LogP contribution in [0.25, 0.3) is 0 Å². The maximum atomic E-state index is 11.7. The zero-order chi connectivity index (χ0) is 11.2. The Balaban J connectivity index is 1.90. The minimum Gasteiger partial charge on any atom is -0.444 e. The van der Waals surface area contributed by atoms with Gasteiger partial charge in [0.15, 0.2) is 0 Å². The van der Waals surface area contributed by atoms with Crippen LogP contribution in [-0.4, -0.2) is 40.9 Å². The Morgan fingerprint density at radius 1 is 1.40 bits per heavy atom. The van der Waals surface area contributed by atoms with E-state index in [4.69, 9.17) is 4.74 Å². The number of aliphatic hydroxyl groups is 1. The second-order valence-electron chi connectivity index (χ2n) is 5.61. The SMILES string of the molecule is CC(C)(C)OC(=O)N1C[C@H]2C[C@H]2[C@H](O)C1. The number of hydrogen-bond donors (Lipinski definition) is 1. The summed E-state index contributed by atoms with van der Waals surface area (Å²) < 4.78 is 5.27. The molecule has 0 radical (unpaired) electrons. The summed E-state index contributed by atoms with van der Waals surface area (Å²) in [6, 6.07) is 0. The van der Waals surface area contributed by atoms with Crippen LogP contribution in [0.15, 0.2) is 0 Å². The Morgan fingerprint density at radius 2 is 2.07 bits per heavy atom. The largest absolute Gasteiger partial charge is 0.444 e. The molecular weight excluding hydrogens is 194 g/mol. The molecule has 2 aliphatic rings. The second-order valence-corrected chi connectivity index (χ2v) is 5.61. The molecule has 1 aliphatic carbocycles. The topological polar surface area (TPSA) is 49.8 Å². The lowest BCUT2D eigenvalue weighted by Gasteiger charge is -2.31. The van der Waals surface area contributed by atoms with Crippen LogP contribution in [-0.2, 0) is 4.74 Å². The second kappa shape index (κ2) is 3.37. The van der Waals surface area contributed by atoms with E-state index in [1.807, 2.05) is 20.8 Å². The summed E-state index contributed by atoms with van der Waals surface area (Å²) in [5.41, 5.74) is -0.456. The zero-order valence-corrected chi connectivity index (χ0v) is 9.56. The van der Waals surface area contributed by atoms with Gasteiger partial charge in [-0.2, -0.15) is 0 Å². The van der Waals surface area contributed by atoms with Gasteiger partial charge in [-0.25, -0.2) is 4.79 Å². The van der Waals surface area contributed by atoms with Crippen LogP contribution in [0.3, 0.4) is 0 Å². The third-order valence-corrected chi connectivity index (χ3v) is 2.99. The Morgan fingerprint density at radius 3 is 2.60 bits per heavy atom. The van der Waals surface area contributed by atoms with Gasteiger partial charge in [0, 0.05) is 6.54 Å². The van der Waals surface area contributed by atoms with Crippen molar-refractivity contribution < 1.29 is 14.6 Å². The van der Waals surface area contributed by atoms with Crippen LogP contribution in [0.4, 0.5) is 4.79 Å². The molecule has 1 N–H and O–H groups in total. The van der Waals surface area contributed by atoms with Crippen LogP contribution in [0.1, 0.15) is 27.2 Å². The minimum absolute atomic E-state index is 0.299. The Hall–Kier alpha value is -0.770. The molecule has 2 rings (SSSR count). The maximum absolute atomic E-state index is 11.7. The first kappa shape index (κ1) is 10.7. The van der Waals surface area contributed by atoms with Crippen LogP contribution in [0.5, 0.6) is 0 Å². The standard InChI is InChI=1S/C11H19NO3/c1-11(2,3)15-10(14)12-5-7-4-8(7)9(13)6-12/h7-9,13H,4-6H2,1-3H3/t7-,8-,9-/m1/s1. The van der Waals surface area contributed by atoms with Gasteiger partial charge in [0.1, 0.15) is 5.60 Å². The van der Waals surface area contributed by atoms with E-state index in [2.05, 4.69) is 0 Å². The van der Waals surface area contributed by atoms with Crippen molar-refractivity contribution in [2.24, 2.45) is 11.8 Å². The smallest absolute Gasteiger partial charge is 0.410 e. The predicted octanol–water partition coefficient (Wildman–Crippen LogP) is 1.23. The molecule has 1 saturated carbocycles. The highest BCUT2D eigenvalue weighted by Crippen LogP contribution is 2.45. The van der Waals surface area contributed by atoms with Gasteiger partial charge in [0.25, 0.3) is 0 Å². The van der Waals surface area contributed by atoms with Crippen molar-refractivity contribution in [3.05, 3.63) is 0 Å². The number of fused-ring (bicyclic) bond motifs is 1. The molecule has 15 heavy (non-hydrogen) atoms. The summed E-state index contributed by atoms with van der Waals surface area (Å²) in [7, 11) is 0. The molecule has 4 nitrogen and oxygen atoms in total. The normalized spacial score (nSPS) is 34.7. The number of hydrogen-bond acceptors (Lipinski definition) is 3. The van der Waals surface area contributed by atoms with E-state index >= 15 is 0 Å². The highest BCUT2D eigenvalue weighted by atomic mass is 16.6. The average Bonchev–Trinajstić information content (AvgIpc) is 2.79. The fraction of sp³-hybridized carbons (Fsp3) is 0.909. The van der Waals surface area contributed by atoms with Gasteiger partial charge in [-0.3, -0.25) is 0 Å². The molecule has 4 heteroatoms. The number of rotatable bonds is 0. The van der Waals surface area contributed by atoms with Crippen molar-refractivity contribution in [2.75, 3.05) is 13.1 Å². The number of piperidine rings is 1. The quantitative estimate of drug-likeness (QED) is 0.658. The minimum atomic E-state index is -0.456. The highest BCUT2D eigenvalue weighted by molar-refractivity contribution is 5.68. The number of carbonyl (C=O) groups is 1. The average molecular weight is 213 g/mol. The predicted molar refractivity (Wildman–Crippen MR) is 55.4 cm³/mol. The Bertz CT molecular complexity index is 271. The summed E-state index contributed by atoms with van der Waals surface area (Å²) in [6.45, 7) is 6.73. The molecule has 0 aromatic heterocycles. The zero-order valence-electron chi connectivity index (χ0n) is 9.56. The molecule has 0 aromatic rings. The van der Waals surface area contributed by atoms with E-state index < -0.39 is 5.60 Å². The van der Waals surface area contributed by atoms with Crippen molar-refractivity contribution in [3.8, 4) is 0 Å². The van der Waals surface area contributed by atoms with Gasteiger partial charge in [0.2, 0.25) is 0 Å². The van der Waals surface area contributed by atoms with Crippen molar-refractivity contribution in [3.63, 3.8) is 0 Å². The van der Waals surface area contributed by atoms with Gasteiger partial charge in [-0.1, -0.05) is 0 Å². The molecule has 0 spiro atoms. The van der Waals surface area contributed by atoms with Gasteiger partial charge < -0.3 is 14.7 Å². The van der Waals surface area contributed by atoms with Crippen LogP contribution in [0, 0.1) is 11.8 Å². The summed E-state index contributed by atoms with van der Waals surface area (Å²) in [5.74, 6) is 0.935. The van der Waals surface area contributed by atoms with E-state index in [0.29, 0.717) is 18.4 Å². The number of likely N-dealkylation sites (tertiary alicyclic amines) is 1. The van der Waals surface area contributed by atoms with Gasteiger partial charge in [0.05, 0.1) is 12.6 Å². The summed E-state index contributed by atoms with van der Waals surface area (Å²) in [4.78, 5) is 13.3. The molecule has 0 bridgehead atoms. The third-order valence-electron chi connectivity index (χ3n) is 2.99. The monoisotopic (exact) mass is 213 g/mol. The number of nitrogens with zero attached hydrogens (tertiary/aromatic N) is 1. The van der Waals surface area contributed by atoms with Crippen molar-refractivity contribution in [2.45, 2.75) is 38.9 Å². The molecule has 2 fully saturated rings. The van der Waals surface area contributed by atoms with E-state index in [-0.39, 0.29) is 12.2 Å². The van der Waals surface area contributed by atoms with Crippen molar-refractivity contribution in [1.82, 2.24) is 4.90 Å². The highest BCUT2D eigenvalue weighted by Gasteiger charge is 2.48. The molecule has 86 valence electrons. The number of carbonyl (C=O) groups excluding carboxylic acids is 1. The molecule has 1 amide bonds. The van der Waals surface area contributed by atoms with Crippen molar-refractivity contribution >= 4 is 6.09 Å². The Labute approximate surface area is 90.2 Å². The van der Waals surface area contributed by atoms with Gasteiger partial charge >= 0.3 is 6.09 Å². The van der Waals surface area contributed by atoms with Crippen molar-refractivity contribution in [1.29, 1.82) is 0 Å². The molecule has 0 unspecified atom stereocenters. The van der Waals surface area contributed by atoms with Gasteiger partial charge in [-0.05, 0) is 39.0 Å². The van der Waals surface area contributed by atoms with Gasteiger partial charge in [-0.15, -0.1) is 0 Å². The first-order chi connectivity index (χ1) is 6.87. The number of aliphatic hydroxyl groups excluding tert-OH is 1. The third kappa shape index (κ3) is 2.43. The van der Waals surface area contributed by atoms with Crippen LogP contribution >= 0.6 is 0 Å². The lowest BCUT2D eigenvalue weighted by Crippen LogP contribution is -2.45. The van der Waals surface area contributed by atoms with E-state index in [0.717, 1.165) is 13.0 Å². The maximum Gasteiger partial charge on any atom is 0.410 e. The summed E-state index contributed by atoms with van der Waals surface area (Å²) in [6.07, 6.45) is 0.406. The molecule has 1 aliphatic heterocycles. The number of amides is 1. The van der Waals surface area contributed by atoms with E-state index in [1.54, 1.807) is 4.90 Å². The van der Waals surface area contributed by atoms with Crippen LogP contribution in [0.2, 0.25) is 0 Å². The molecule has 1 heterocycles. The summed E-state index contributed by atoms with van der Waals surface area (Å²) >= 11 is 0. The fourth-order valence-corrected chi connectivity index (χ4v) is 2.15. The molecule has 1 saturated heterocycles. The first-order valence-electron chi connectivity index (χ1n) is 5.53. The lowest BCUT2D eigenvalue weighted by atomic mass is 10.1. The fourth-order valence-electron chi connectivity index (χ4n) is 2.15.